The van der Waals surface area contributed by atoms with Gasteiger partial charge in [-0.15, -0.1) is 0 Å². The van der Waals surface area contributed by atoms with E-state index in [1.165, 1.54) is 0 Å². The molecule has 0 aliphatic carbocycles. The highest BCUT2D eigenvalue weighted by atomic mass is 15.2. The van der Waals surface area contributed by atoms with Crippen LogP contribution in [0.15, 0.2) is 24.4 Å². The van der Waals surface area contributed by atoms with Gasteiger partial charge in [0.15, 0.2) is 5.82 Å². The van der Waals surface area contributed by atoms with Crippen molar-refractivity contribution < 1.29 is 0 Å². The average Bonchev–Trinajstić information content (AvgIpc) is 2.73. The van der Waals surface area contributed by atoms with Gasteiger partial charge in [-0.05, 0) is 32.4 Å². The van der Waals surface area contributed by atoms with Gasteiger partial charge in [-0.3, -0.25) is 0 Å². The van der Waals surface area contributed by atoms with E-state index < -0.39 is 0 Å². The molecule has 0 saturated carbocycles. The Morgan fingerprint density at radius 3 is 2.78 bits per heavy atom. The molecule has 0 bridgehead atoms. The van der Waals surface area contributed by atoms with E-state index in [2.05, 4.69) is 30.1 Å². The van der Waals surface area contributed by atoms with Crippen LogP contribution in [0.1, 0.15) is 32.9 Å². The number of imidazole rings is 1. The Morgan fingerprint density at radius 2 is 2.17 bits per heavy atom. The lowest BCUT2D eigenvalue weighted by atomic mass is 10.2. The topological polar surface area (TPSA) is 46.6 Å². The van der Waals surface area contributed by atoms with Crippen LogP contribution in [0, 0.1) is 0 Å². The van der Waals surface area contributed by atoms with E-state index in [-0.39, 0.29) is 0 Å². The molecular formula is C14H22N4. The van der Waals surface area contributed by atoms with Gasteiger partial charge in [0.1, 0.15) is 5.65 Å². The predicted molar refractivity (Wildman–Crippen MR) is 75.9 cm³/mol. The van der Waals surface area contributed by atoms with E-state index in [1.54, 1.807) is 0 Å². The Hall–Kier alpha value is -1.55. The maximum absolute atomic E-state index is 5.91. The van der Waals surface area contributed by atoms with E-state index >= 15 is 0 Å². The quantitative estimate of drug-likeness (QED) is 0.881. The van der Waals surface area contributed by atoms with Crippen LogP contribution in [0.4, 0.5) is 5.82 Å². The number of anilines is 1. The third kappa shape index (κ3) is 2.20. The molecule has 2 aromatic rings. The molecule has 0 radical (unpaired) electrons. The van der Waals surface area contributed by atoms with Gasteiger partial charge in [-0.25, -0.2) is 4.98 Å². The molecule has 0 aromatic carbocycles. The molecule has 98 valence electrons. The van der Waals surface area contributed by atoms with Crippen LogP contribution in [0.25, 0.3) is 5.65 Å². The van der Waals surface area contributed by atoms with Gasteiger partial charge in [0.2, 0.25) is 0 Å². The molecule has 0 fully saturated rings. The summed E-state index contributed by atoms with van der Waals surface area (Å²) < 4.78 is 2.08. The summed E-state index contributed by atoms with van der Waals surface area (Å²) in [6, 6.07) is 6.47. The van der Waals surface area contributed by atoms with Crippen molar-refractivity contribution in [2.45, 2.75) is 39.8 Å². The number of hydrogen-bond donors (Lipinski definition) is 1. The maximum Gasteiger partial charge on any atom is 0.152 e. The molecule has 0 amide bonds. The fraction of sp³-hybridized carbons (Fsp3) is 0.500. The number of fused-ring (bicyclic) bond motifs is 1. The fourth-order valence-corrected chi connectivity index (χ4v) is 2.30. The normalized spacial score (nSPS) is 11.4. The lowest BCUT2D eigenvalue weighted by Gasteiger charge is -2.27. The number of hydrogen-bond acceptors (Lipinski definition) is 3. The van der Waals surface area contributed by atoms with Crippen molar-refractivity contribution >= 4 is 11.5 Å². The molecule has 0 unspecified atom stereocenters. The highest BCUT2D eigenvalue weighted by molar-refractivity contribution is 5.56. The molecule has 2 heterocycles. The zero-order valence-electron chi connectivity index (χ0n) is 11.4. The van der Waals surface area contributed by atoms with Crippen molar-refractivity contribution in [3.63, 3.8) is 0 Å². The van der Waals surface area contributed by atoms with Crippen molar-refractivity contribution in [2.75, 3.05) is 11.4 Å². The molecule has 0 spiro atoms. The maximum atomic E-state index is 5.91. The minimum atomic E-state index is 0.431. The summed E-state index contributed by atoms with van der Waals surface area (Å²) in [6.07, 6.45) is 3.13. The number of nitrogens with zero attached hydrogens (tertiary/aromatic N) is 3. The molecule has 0 aliphatic rings. The molecule has 0 saturated heterocycles. The van der Waals surface area contributed by atoms with Gasteiger partial charge in [0.05, 0.1) is 5.69 Å². The molecule has 0 atom stereocenters. The Morgan fingerprint density at radius 1 is 1.39 bits per heavy atom. The molecular weight excluding hydrogens is 224 g/mol. The zero-order valence-corrected chi connectivity index (χ0v) is 11.4. The standard InChI is InChI=1S/C14H22N4/c1-4-8-17(11(2)3)14-12(10-15)18-9-6-5-7-13(18)16-14/h5-7,9,11H,4,8,10,15H2,1-3H3. The molecule has 0 aliphatic heterocycles. The second-order valence-electron chi connectivity index (χ2n) is 4.80. The summed E-state index contributed by atoms with van der Waals surface area (Å²) >= 11 is 0. The second kappa shape index (κ2) is 5.40. The lowest BCUT2D eigenvalue weighted by Crippen LogP contribution is -2.32. The van der Waals surface area contributed by atoms with Crippen LogP contribution in [0.2, 0.25) is 0 Å². The highest BCUT2D eigenvalue weighted by Gasteiger charge is 2.18. The summed E-state index contributed by atoms with van der Waals surface area (Å²) in [5.74, 6) is 1.03. The van der Waals surface area contributed by atoms with Gasteiger partial charge in [0.25, 0.3) is 0 Å². The molecule has 2 rings (SSSR count). The SMILES string of the molecule is CCCN(c1nc2ccccn2c1CN)C(C)C. The Balaban J connectivity index is 2.54. The summed E-state index contributed by atoms with van der Waals surface area (Å²) in [5, 5.41) is 0. The third-order valence-corrected chi connectivity index (χ3v) is 3.16. The van der Waals surface area contributed by atoms with Gasteiger partial charge < -0.3 is 15.0 Å². The summed E-state index contributed by atoms with van der Waals surface area (Å²) in [7, 11) is 0. The molecule has 4 heteroatoms. The lowest BCUT2D eigenvalue weighted by molar-refractivity contribution is 0.659. The van der Waals surface area contributed by atoms with Crippen molar-refractivity contribution in [1.29, 1.82) is 0 Å². The first-order valence-corrected chi connectivity index (χ1v) is 6.61. The number of pyridine rings is 1. The van der Waals surface area contributed by atoms with E-state index in [1.807, 2.05) is 24.4 Å². The average molecular weight is 246 g/mol. The third-order valence-electron chi connectivity index (χ3n) is 3.16. The van der Waals surface area contributed by atoms with Crippen molar-refractivity contribution in [3.05, 3.63) is 30.1 Å². The Kier molecular flexibility index (Phi) is 3.87. The highest BCUT2D eigenvalue weighted by Crippen LogP contribution is 2.23. The molecule has 4 nitrogen and oxygen atoms in total. The number of rotatable bonds is 5. The molecule has 18 heavy (non-hydrogen) atoms. The summed E-state index contributed by atoms with van der Waals surface area (Å²) in [5.41, 5.74) is 7.97. The molecule has 2 N–H and O–H groups in total. The van der Waals surface area contributed by atoms with Gasteiger partial charge in [0, 0.05) is 25.3 Å². The Labute approximate surface area is 108 Å². The Bertz CT molecular complexity index is 515. The monoisotopic (exact) mass is 246 g/mol. The molecule has 2 aromatic heterocycles. The van der Waals surface area contributed by atoms with Crippen LogP contribution in [-0.4, -0.2) is 22.0 Å². The van der Waals surface area contributed by atoms with E-state index in [0.717, 1.165) is 30.1 Å². The minimum absolute atomic E-state index is 0.431. The number of nitrogens with two attached hydrogens (primary N) is 1. The first-order valence-electron chi connectivity index (χ1n) is 6.61. The first kappa shape index (κ1) is 12.9. The zero-order chi connectivity index (χ0) is 13.1. The van der Waals surface area contributed by atoms with Gasteiger partial charge in [-0.1, -0.05) is 13.0 Å². The second-order valence-corrected chi connectivity index (χ2v) is 4.80. The van der Waals surface area contributed by atoms with Crippen LogP contribution < -0.4 is 10.6 Å². The smallest absolute Gasteiger partial charge is 0.152 e. The summed E-state index contributed by atoms with van der Waals surface area (Å²) in [4.78, 5) is 7.06. The van der Waals surface area contributed by atoms with Crippen molar-refractivity contribution in [1.82, 2.24) is 9.38 Å². The van der Waals surface area contributed by atoms with Crippen LogP contribution in [-0.2, 0) is 6.54 Å². The number of aromatic nitrogens is 2. The van der Waals surface area contributed by atoms with E-state index in [0.29, 0.717) is 12.6 Å². The minimum Gasteiger partial charge on any atom is -0.353 e. The van der Waals surface area contributed by atoms with Crippen LogP contribution in [0.3, 0.4) is 0 Å². The first-order chi connectivity index (χ1) is 8.69. The summed E-state index contributed by atoms with van der Waals surface area (Å²) in [6.45, 7) is 8.09. The largest absolute Gasteiger partial charge is 0.353 e. The van der Waals surface area contributed by atoms with Crippen LogP contribution in [0.5, 0.6) is 0 Å². The fourth-order valence-electron chi connectivity index (χ4n) is 2.30. The van der Waals surface area contributed by atoms with E-state index in [4.69, 9.17) is 10.7 Å². The van der Waals surface area contributed by atoms with Crippen molar-refractivity contribution in [3.8, 4) is 0 Å². The predicted octanol–water partition coefficient (Wildman–Crippen LogP) is 2.42. The van der Waals surface area contributed by atoms with E-state index in [9.17, 15) is 0 Å². The van der Waals surface area contributed by atoms with Gasteiger partial charge >= 0.3 is 0 Å². The van der Waals surface area contributed by atoms with Crippen molar-refractivity contribution in [2.24, 2.45) is 5.73 Å². The van der Waals surface area contributed by atoms with Gasteiger partial charge in [-0.2, -0.15) is 0 Å². The van der Waals surface area contributed by atoms with Crippen LogP contribution >= 0.6 is 0 Å².